The molecule has 1 fully saturated rings. The van der Waals surface area contributed by atoms with Gasteiger partial charge >= 0.3 is 22.8 Å². The van der Waals surface area contributed by atoms with Gasteiger partial charge in [0.2, 0.25) is 5.88 Å². The van der Waals surface area contributed by atoms with Gasteiger partial charge in [0.1, 0.15) is 11.2 Å². The standard InChI is InChI=1S/C37H35Cl2N7O4.Mn/c1-20-15-29-31(36(48)45(3)37(49)44(29)2)34(41-20)42-26-10-6-8-24(33(26)39)23-7-5-9-25(32(23)38)27-16-22-11-12-28(30(22)35(43-27)50-4)46-14-13-21(18-46)17-40-19-47;/h5-10,15-16,28H,11-14,17-18H2,1-4H3,(H,40,47)(H,41,42);/q-2;+2. The zero-order chi connectivity index (χ0) is 35.3. The monoisotopic (exact) mass is 766 g/mol. The largest absolute Gasteiger partial charge is 2.00 e. The average Bonchev–Trinajstić information content (AvgIpc) is 3.76. The number of hydrogen-bond acceptors (Lipinski definition) is 8. The number of ether oxygens (including phenoxy) is 1. The summed E-state index contributed by atoms with van der Waals surface area (Å²) in [4.78, 5) is 48.6. The van der Waals surface area contributed by atoms with Crippen LogP contribution in [0.5, 0.6) is 5.88 Å². The minimum absolute atomic E-state index is 0. The number of fused-ring (bicyclic) bond motifs is 2. The Balaban J connectivity index is 0.00000448. The number of rotatable bonds is 9. The zero-order valence-corrected chi connectivity index (χ0v) is 31.1. The number of aromatic nitrogens is 4. The molecule has 2 N–H and O–H groups in total. The third-order valence-electron chi connectivity index (χ3n) is 9.75. The van der Waals surface area contributed by atoms with Gasteiger partial charge in [-0.3, -0.25) is 19.8 Å². The van der Waals surface area contributed by atoms with Crippen LogP contribution in [0.4, 0.5) is 11.5 Å². The number of halogens is 2. The van der Waals surface area contributed by atoms with Gasteiger partial charge in [-0.05, 0) is 50.1 Å². The third-order valence-corrected chi connectivity index (χ3v) is 10.6. The van der Waals surface area contributed by atoms with Crippen molar-refractivity contribution in [2.45, 2.75) is 32.2 Å². The SMILES string of the molecule is COc1nc(-c2cccc(-c3cccc(Nc4nc(C)cc5c4c(=O)n(C)c(=O)n5C)c3Cl)c2Cl)cc2c1C(N1CC[C-](CN[C-]=O)C1)CC2.[Mn+2]. The zero-order valence-electron chi connectivity index (χ0n) is 28.4. The van der Waals surface area contributed by atoms with Crippen molar-refractivity contribution in [3.05, 3.63) is 102 Å². The molecule has 1 aliphatic heterocycles. The molecule has 1 radical (unpaired) electrons. The van der Waals surface area contributed by atoms with Gasteiger partial charge in [0, 0.05) is 48.1 Å². The summed E-state index contributed by atoms with van der Waals surface area (Å²) in [5.74, 6) is 2.16. The number of benzene rings is 2. The smallest absolute Gasteiger partial charge is 0.554 e. The fourth-order valence-electron chi connectivity index (χ4n) is 7.27. The Hall–Kier alpha value is -4.19. The van der Waals surface area contributed by atoms with Crippen LogP contribution in [0.1, 0.15) is 35.7 Å². The Morgan fingerprint density at radius 2 is 1.75 bits per heavy atom. The van der Waals surface area contributed by atoms with Gasteiger partial charge in [-0.1, -0.05) is 53.5 Å². The second-order valence-corrected chi connectivity index (χ2v) is 13.5. The van der Waals surface area contributed by atoms with Crippen molar-refractivity contribution >= 4 is 52.0 Å². The average molecular weight is 768 g/mol. The number of anilines is 2. The van der Waals surface area contributed by atoms with E-state index in [1.807, 2.05) is 30.3 Å². The molecule has 1 aliphatic carbocycles. The topological polar surface area (TPSA) is 123 Å². The van der Waals surface area contributed by atoms with Crippen LogP contribution in [-0.4, -0.2) is 57.2 Å². The maximum absolute atomic E-state index is 13.2. The first-order valence-corrected chi connectivity index (χ1v) is 17.0. The summed E-state index contributed by atoms with van der Waals surface area (Å²) in [6.45, 7) is 4.08. The van der Waals surface area contributed by atoms with Crippen molar-refractivity contribution in [3.63, 3.8) is 0 Å². The molecule has 1 amide bonds. The molecular weight excluding hydrogens is 732 g/mol. The summed E-state index contributed by atoms with van der Waals surface area (Å²) in [5.41, 5.74) is 5.85. The fraction of sp³-hybridized carbons (Fsp3) is 0.297. The quantitative estimate of drug-likeness (QED) is 0.112. The van der Waals surface area contributed by atoms with E-state index >= 15 is 0 Å². The molecule has 4 heterocycles. The fourth-order valence-corrected chi connectivity index (χ4v) is 7.86. The van der Waals surface area contributed by atoms with Crippen LogP contribution in [0.2, 0.25) is 10.0 Å². The van der Waals surface area contributed by atoms with Crippen molar-refractivity contribution in [3.8, 4) is 28.3 Å². The molecule has 14 heteroatoms. The summed E-state index contributed by atoms with van der Waals surface area (Å²) in [6, 6.07) is 15.3. The van der Waals surface area contributed by atoms with Gasteiger partial charge < -0.3 is 25.1 Å². The molecular formula is C37H35Cl2MnN7O4. The number of likely N-dealkylation sites (tertiary alicyclic amines) is 1. The maximum Gasteiger partial charge on any atom is 2.00 e. The van der Waals surface area contributed by atoms with Crippen LogP contribution in [0.25, 0.3) is 33.3 Å². The second-order valence-electron chi connectivity index (χ2n) is 12.7. The van der Waals surface area contributed by atoms with Crippen LogP contribution in [0, 0.1) is 12.8 Å². The normalized spacial score (nSPS) is 15.8. The number of amides is 1. The van der Waals surface area contributed by atoms with Gasteiger partial charge in [0.05, 0.1) is 34.1 Å². The molecule has 3 aromatic heterocycles. The maximum atomic E-state index is 13.2. The summed E-state index contributed by atoms with van der Waals surface area (Å²) < 4.78 is 8.38. The molecule has 0 saturated carbocycles. The van der Waals surface area contributed by atoms with Gasteiger partial charge in [0.25, 0.3) is 5.56 Å². The van der Waals surface area contributed by atoms with Crippen LogP contribution < -0.4 is 26.6 Å². The second kappa shape index (κ2) is 14.8. The van der Waals surface area contributed by atoms with Gasteiger partial charge in [-0.15, -0.1) is 13.1 Å². The number of hydrogen-bond donors (Lipinski definition) is 2. The number of methoxy groups -OCH3 is 1. The van der Waals surface area contributed by atoms with Crippen molar-refractivity contribution in [1.82, 2.24) is 29.3 Å². The van der Waals surface area contributed by atoms with E-state index < -0.39 is 11.2 Å². The van der Waals surface area contributed by atoms with Gasteiger partial charge in [0.15, 0.2) is 0 Å². The van der Waals surface area contributed by atoms with Crippen LogP contribution in [0.15, 0.2) is 58.1 Å². The van der Waals surface area contributed by atoms with E-state index in [1.165, 1.54) is 23.1 Å². The van der Waals surface area contributed by atoms with E-state index in [0.717, 1.165) is 48.0 Å². The van der Waals surface area contributed by atoms with E-state index in [9.17, 15) is 14.4 Å². The van der Waals surface area contributed by atoms with Crippen LogP contribution in [0.3, 0.4) is 0 Å². The van der Waals surface area contributed by atoms with Crippen molar-refractivity contribution < 1.29 is 26.6 Å². The predicted octanol–water partition coefficient (Wildman–Crippen LogP) is 5.65. The molecule has 2 aromatic carbocycles. The molecule has 5 aromatic rings. The molecule has 0 bridgehead atoms. The minimum Gasteiger partial charge on any atom is -0.554 e. The minimum atomic E-state index is -0.459. The number of nitrogens with zero attached hydrogens (tertiary/aromatic N) is 5. The van der Waals surface area contributed by atoms with E-state index in [2.05, 4.69) is 26.6 Å². The molecule has 2 aliphatic rings. The third kappa shape index (κ3) is 6.56. The summed E-state index contributed by atoms with van der Waals surface area (Å²) >= 11 is 14.2. The Morgan fingerprint density at radius 3 is 2.49 bits per heavy atom. The summed E-state index contributed by atoms with van der Waals surface area (Å²) in [6.07, 6.45) is 4.54. The number of nitrogens with one attached hydrogen (secondary N) is 2. The molecule has 263 valence electrons. The first kappa shape index (κ1) is 36.6. The van der Waals surface area contributed by atoms with Crippen molar-refractivity contribution in [1.29, 1.82) is 0 Å². The van der Waals surface area contributed by atoms with E-state index in [1.54, 1.807) is 39.6 Å². The number of aryl methyl sites for hydroxylation is 3. The summed E-state index contributed by atoms with van der Waals surface area (Å²) in [7, 11) is 4.71. The molecule has 0 spiro atoms. The molecule has 1 saturated heterocycles. The Bertz CT molecular complexity index is 2290. The van der Waals surface area contributed by atoms with Crippen LogP contribution >= 0.6 is 23.2 Å². The molecule has 11 nitrogen and oxygen atoms in total. The molecule has 51 heavy (non-hydrogen) atoms. The Labute approximate surface area is 315 Å². The van der Waals surface area contributed by atoms with Crippen LogP contribution in [-0.2, 0) is 42.4 Å². The van der Waals surface area contributed by atoms with E-state index in [4.69, 9.17) is 32.9 Å². The Morgan fingerprint density at radius 1 is 1.02 bits per heavy atom. The summed E-state index contributed by atoms with van der Waals surface area (Å²) in [5, 5.41) is 7.07. The first-order chi connectivity index (χ1) is 24.1. The van der Waals surface area contributed by atoms with Gasteiger partial charge in [-0.2, -0.15) is 12.8 Å². The predicted molar refractivity (Wildman–Crippen MR) is 196 cm³/mol. The number of pyridine rings is 2. The molecule has 1 atom stereocenters. The van der Waals surface area contributed by atoms with Crippen molar-refractivity contribution in [2.75, 3.05) is 32.1 Å². The van der Waals surface area contributed by atoms with Crippen molar-refractivity contribution in [2.24, 2.45) is 14.1 Å². The molecule has 7 rings (SSSR count). The molecule has 1 unspecified atom stereocenters. The first-order valence-electron chi connectivity index (χ1n) is 16.3. The Kier molecular flexibility index (Phi) is 10.6. The van der Waals surface area contributed by atoms with Gasteiger partial charge in [-0.25, -0.2) is 14.8 Å². The number of carbonyl (C=O) groups excluding carboxylic acids is 1. The van der Waals surface area contributed by atoms with E-state index in [0.29, 0.717) is 62.0 Å². The van der Waals surface area contributed by atoms with E-state index in [-0.39, 0.29) is 28.5 Å².